The Labute approximate surface area is 119 Å². The summed E-state index contributed by atoms with van der Waals surface area (Å²) < 4.78 is 44.4. The van der Waals surface area contributed by atoms with Crippen LogP contribution in [0.3, 0.4) is 0 Å². The van der Waals surface area contributed by atoms with Gasteiger partial charge in [-0.15, -0.1) is 0 Å². The van der Waals surface area contributed by atoms with E-state index in [1.54, 1.807) is 0 Å². The molecule has 0 saturated heterocycles. The third-order valence-corrected chi connectivity index (χ3v) is 2.85. The molecular formula is C15H12F3NO2. The van der Waals surface area contributed by atoms with E-state index in [1.807, 2.05) is 0 Å². The monoisotopic (exact) mass is 295 g/mol. The molecular weight excluding hydrogens is 283 g/mol. The van der Waals surface area contributed by atoms with E-state index in [0.29, 0.717) is 0 Å². The van der Waals surface area contributed by atoms with E-state index in [9.17, 15) is 18.0 Å². The Bertz CT molecular complexity index is 702. The lowest BCUT2D eigenvalue weighted by Gasteiger charge is -2.08. The van der Waals surface area contributed by atoms with Crippen molar-refractivity contribution in [3.05, 3.63) is 64.5 Å². The molecule has 0 radical (unpaired) electrons. The van der Waals surface area contributed by atoms with Crippen molar-refractivity contribution in [1.82, 2.24) is 0 Å². The lowest BCUT2D eigenvalue weighted by atomic mass is 10.1. The first-order chi connectivity index (χ1) is 9.88. The number of anilines is 1. The summed E-state index contributed by atoms with van der Waals surface area (Å²) in [6.07, 6.45) is 0. The fourth-order valence-electron chi connectivity index (χ4n) is 1.80. The van der Waals surface area contributed by atoms with Crippen molar-refractivity contribution < 1.29 is 22.7 Å². The molecule has 0 amide bonds. The van der Waals surface area contributed by atoms with Gasteiger partial charge in [-0.05, 0) is 42.3 Å². The van der Waals surface area contributed by atoms with Crippen LogP contribution in [0.2, 0.25) is 0 Å². The fraction of sp³-hybridized carbons (Fsp3) is 0.133. The third-order valence-electron chi connectivity index (χ3n) is 2.85. The zero-order valence-corrected chi connectivity index (χ0v) is 11.1. The zero-order valence-electron chi connectivity index (χ0n) is 11.1. The SMILES string of the molecule is Cc1cc(N)cc(C(=O)OCc2ccc(F)c(F)c2)c1F. The van der Waals surface area contributed by atoms with E-state index in [2.05, 4.69) is 0 Å². The second-order valence-electron chi connectivity index (χ2n) is 4.52. The quantitative estimate of drug-likeness (QED) is 0.698. The van der Waals surface area contributed by atoms with Crippen molar-refractivity contribution in [1.29, 1.82) is 0 Å². The van der Waals surface area contributed by atoms with E-state index >= 15 is 0 Å². The molecule has 2 N–H and O–H groups in total. The first-order valence-electron chi connectivity index (χ1n) is 6.05. The minimum absolute atomic E-state index is 0.217. The van der Waals surface area contributed by atoms with Gasteiger partial charge in [-0.25, -0.2) is 18.0 Å². The van der Waals surface area contributed by atoms with Gasteiger partial charge in [0.15, 0.2) is 11.6 Å². The molecule has 110 valence electrons. The first kappa shape index (κ1) is 14.9. The van der Waals surface area contributed by atoms with Crippen molar-refractivity contribution in [3.63, 3.8) is 0 Å². The number of carbonyl (C=O) groups is 1. The highest BCUT2D eigenvalue weighted by Gasteiger charge is 2.16. The topological polar surface area (TPSA) is 52.3 Å². The highest BCUT2D eigenvalue weighted by Crippen LogP contribution is 2.19. The molecule has 0 unspecified atom stereocenters. The van der Waals surface area contributed by atoms with Crippen LogP contribution < -0.4 is 5.73 Å². The predicted molar refractivity (Wildman–Crippen MR) is 71.0 cm³/mol. The summed E-state index contributed by atoms with van der Waals surface area (Å²) in [4.78, 5) is 11.8. The van der Waals surface area contributed by atoms with Gasteiger partial charge < -0.3 is 10.5 Å². The second kappa shape index (κ2) is 5.87. The summed E-state index contributed by atoms with van der Waals surface area (Å²) in [7, 11) is 0. The number of nitrogens with two attached hydrogens (primary N) is 1. The Hall–Kier alpha value is -2.50. The van der Waals surface area contributed by atoms with Gasteiger partial charge in [0.2, 0.25) is 0 Å². The highest BCUT2D eigenvalue weighted by atomic mass is 19.2. The van der Waals surface area contributed by atoms with Crippen molar-refractivity contribution in [2.45, 2.75) is 13.5 Å². The Morgan fingerprint density at radius 3 is 2.52 bits per heavy atom. The van der Waals surface area contributed by atoms with Crippen LogP contribution in [-0.4, -0.2) is 5.97 Å². The van der Waals surface area contributed by atoms with Crippen LogP contribution in [0, 0.1) is 24.4 Å². The highest BCUT2D eigenvalue weighted by molar-refractivity contribution is 5.91. The maximum Gasteiger partial charge on any atom is 0.341 e. The van der Waals surface area contributed by atoms with Gasteiger partial charge in [-0.2, -0.15) is 0 Å². The molecule has 2 aromatic carbocycles. The van der Waals surface area contributed by atoms with Gasteiger partial charge >= 0.3 is 5.97 Å². The summed E-state index contributed by atoms with van der Waals surface area (Å²) in [5.41, 5.74) is 5.95. The fourth-order valence-corrected chi connectivity index (χ4v) is 1.80. The average Bonchev–Trinajstić information content (AvgIpc) is 2.43. The summed E-state index contributed by atoms with van der Waals surface area (Å²) in [5, 5.41) is 0. The van der Waals surface area contributed by atoms with Crippen molar-refractivity contribution in [2.24, 2.45) is 0 Å². The number of benzene rings is 2. The molecule has 0 heterocycles. The molecule has 0 aromatic heterocycles. The summed E-state index contributed by atoms with van der Waals surface area (Å²) in [6, 6.07) is 5.65. The number of carbonyl (C=O) groups excluding carboxylic acids is 1. The van der Waals surface area contributed by atoms with Crippen LogP contribution in [0.15, 0.2) is 30.3 Å². The molecule has 0 fully saturated rings. The van der Waals surface area contributed by atoms with Crippen LogP contribution in [0.5, 0.6) is 0 Å². The maximum atomic E-state index is 13.8. The molecule has 21 heavy (non-hydrogen) atoms. The second-order valence-corrected chi connectivity index (χ2v) is 4.52. The standard InChI is InChI=1S/C15H12F3NO2/c1-8-4-10(19)6-11(14(8)18)15(20)21-7-9-2-3-12(16)13(17)5-9/h2-6H,7,19H2,1H3. The van der Waals surface area contributed by atoms with Gasteiger partial charge in [0, 0.05) is 5.69 Å². The Morgan fingerprint density at radius 1 is 1.14 bits per heavy atom. The summed E-state index contributed by atoms with van der Waals surface area (Å²) >= 11 is 0. The Kier molecular flexibility index (Phi) is 4.16. The van der Waals surface area contributed by atoms with Crippen LogP contribution in [0.25, 0.3) is 0 Å². The number of hydrogen-bond acceptors (Lipinski definition) is 3. The number of halogens is 3. The molecule has 0 bridgehead atoms. The summed E-state index contributed by atoms with van der Waals surface area (Å²) in [5.74, 6) is -3.69. The molecule has 2 rings (SSSR count). The Morgan fingerprint density at radius 2 is 1.86 bits per heavy atom. The van der Waals surface area contributed by atoms with Crippen LogP contribution in [-0.2, 0) is 11.3 Å². The van der Waals surface area contributed by atoms with Gasteiger partial charge in [-0.3, -0.25) is 0 Å². The number of ether oxygens (including phenoxy) is 1. The van der Waals surface area contributed by atoms with Crippen LogP contribution in [0.4, 0.5) is 18.9 Å². The van der Waals surface area contributed by atoms with E-state index in [0.717, 1.165) is 18.2 Å². The Balaban J connectivity index is 2.13. The van der Waals surface area contributed by atoms with Gasteiger partial charge in [0.25, 0.3) is 0 Å². The lowest BCUT2D eigenvalue weighted by Crippen LogP contribution is -2.09. The molecule has 3 nitrogen and oxygen atoms in total. The normalized spacial score (nSPS) is 10.5. The molecule has 0 aliphatic rings. The minimum Gasteiger partial charge on any atom is -0.457 e. The number of rotatable bonds is 3. The van der Waals surface area contributed by atoms with Crippen molar-refractivity contribution in [2.75, 3.05) is 5.73 Å². The maximum absolute atomic E-state index is 13.8. The van der Waals surface area contributed by atoms with Crippen LogP contribution >= 0.6 is 0 Å². The van der Waals surface area contributed by atoms with E-state index in [-0.39, 0.29) is 29.0 Å². The van der Waals surface area contributed by atoms with E-state index in [4.69, 9.17) is 10.5 Å². The molecule has 0 spiro atoms. The molecule has 2 aromatic rings. The number of nitrogen functional groups attached to an aromatic ring is 1. The number of hydrogen-bond donors (Lipinski definition) is 1. The lowest BCUT2D eigenvalue weighted by molar-refractivity contribution is 0.0466. The molecule has 0 aliphatic carbocycles. The van der Waals surface area contributed by atoms with E-state index < -0.39 is 23.4 Å². The molecule has 0 saturated carbocycles. The smallest absolute Gasteiger partial charge is 0.341 e. The summed E-state index contributed by atoms with van der Waals surface area (Å²) in [6.45, 7) is 1.17. The third kappa shape index (κ3) is 3.34. The van der Waals surface area contributed by atoms with Gasteiger partial charge in [0.1, 0.15) is 12.4 Å². The first-order valence-corrected chi connectivity index (χ1v) is 6.05. The van der Waals surface area contributed by atoms with Crippen LogP contribution in [0.1, 0.15) is 21.5 Å². The predicted octanol–water partition coefficient (Wildman–Crippen LogP) is 3.35. The molecule has 0 atom stereocenters. The minimum atomic E-state index is -1.05. The largest absolute Gasteiger partial charge is 0.457 e. The van der Waals surface area contributed by atoms with Gasteiger partial charge in [0.05, 0.1) is 5.56 Å². The number of esters is 1. The molecule has 6 heteroatoms. The van der Waals surface area contributed by atoms with Crippen molar-refractivity contribution in [3.8, 4) is 0 Å². The molecule has 0 aliphatic heterocycles. The number of aryl methyl sites for hydroxylation is 1. The van der Waals surface area contributed by atoms with E-state index in [1.165, 1.54) is 19.1 Å². The average molecular weight is 295 g/mol. The zero-order chi connectivity index (χ0) is 15.6. The van der Waals surface area contributed by atoms with Crippen molar-refractivity contribution >= 4 is 11.7 Å². The van der Waals surface area contributed by atoms with Gasteiger partial charge in [-0.1, -0.05) is 6.07 Å².